The van der Waals surface area contributed by atoms with E-state index in [1.54, 1.807) is 12.1 Å². The van der Waals surface area contributed by atoms with E-state index in [1.807, 2.05) is 6.92 Å². The topological polar surface area (TPSA) is 70.6 Å². The molecule has 0 aliphatic heterocycles. The number of amides is 2. The maximum atomic E-state index is 12.0. The van der Waals surface area contributed by atoms with Crippen LogP contribution in [0.1, 0.15) is 18.9 Å². The molecule has 1 aromatic rings. The first-order valence-corrected chi connectivity index (χ1v) is 6.77. The lowest BCUT2D eigenvalue weighted by Gasteiger charge is -2.15. The van der Waals surface area contributed by atoms with E-state index in [0.29, 0.717) is 12.0 Å². The summed E-state index contributed by atoms with van der Waals surface area (Å²) in [6.07, 6.45) is -3.77. The Hall–Kier alpha value is -1.96. The van der Waals surface area contributed by atoms with E-state index in [9.17, 15) is 18.0 Å². The second-order valence-electron chi connectivity index (χ2n) is 4.66. The number of ether oxygens (including phenoxy) is 1. The van der Waals surface area contributed by atoms with Gasteiger partial charge in [-0.05, 0) is 24.1 Å². The fraction of sp³-hybridized carbons (Fsp3) is 0.500. The Balaban J connectivity index is 2.39. The summed E-state index contributed by atoms with van der Waals surface area (Å²) in [6.45, 7) is 0.565. The van der Waals surface area contributed by atoms with Gasteiger partial charge < -0.3 is 20.5 Å². The first-order chi connectivity index (χ1) is 10.3. The maximum absolute atomic E-state index is 12.0. The average Bonchev–Trinajstić information content (AvgIpc) is 2.48. The summed E-state index contributed by atoms with van der Waals surface area (Å²) < 4.78 is 40.6. The number of nitrogens with one attached hydrogen (secondary N) is 2. The molecule has 124 valence electrons. The molecule has 0 radical (unpaired) electrons. The number of rotatable bonds is 7. The molecule has 1 aromatic carbocycles. The number of benzene rings is 1. The molecule has 0 spiro atoms. The molecule has 0 saturated carbocycles. The van der Waals surface area contributed by atoms with Crippen LogP contribution >= 0.6 is 0 Å². The second-order valence-corrected chi connectivity index (χ2v) is 4.66. The zero-order chi connectivity index (χ0) is 16.6. The summed E-state index contributed by atoms with van der Waals surface area (Å²) in [4.78, 5) is 11.5. The molecular weight excluding hydrogens is 301 g/mol. The lowest BCUT2D eigenvalue weighted by atomic mass is 10.2. The summed E-state index contributed by atoms with van der Waals surface area (Å²) in [5.41, 5.74) is 0.714. The number of carbonyl (C=O) groups excluding carboxylic acids is 1. The van der Waals surface area contributed by atoms with E-state index >= 15 is 0 Å². The number of alkyl halides is 3. The van der Waals surface area contributed by atoms with Crippen LogP contribution in [0.5, 0.6) is 5.75 Å². The molecule has 0 aromatic heterocycles. The van der Waals surface area contributed by atoms with E-state index in [4.69, 9.17) is 5.11 Å². The van der Waals surface area contributed by atoms with Crippen LogP contribution in [0.3, 0.4) is 0 Å². The lowest BCUT2D eigenvalue weighted by Crippen LogP contribution is -2.43. The van der Waals surface area contributed by atoms with Crippen molar-refractivity contribution in [2.24, 2.45) is 0 Å². The van der Waals surface area contributed by atoms with Crippen molar-refractivity contribution in [1.82, 2.24) is 10.6 Å². The minimum absolute atomic E-state index is 0.108. The number of hydrogen-bond donors (Lipinski definition) is 3. The van der Waals surface area contributed by atoms with Crippen molar-refractivity contribution in [2.45, 2.75) is 32.1 Å². The smallest absolute Gasteiger partial charge is 0.422 e. The van der Waals surface area contributed by atoms with Gasteiger partial charge in [0.05, 0.1) is 12.6 Å². The first-order valence-electron chi connectivity index (χ1n) is 6.77. The average molecular weight is 320 g/mol. The monoisotopic (exact) mass is 320 g/mol. The minimum Gasteiger partial charge on any atom is -0.484 e. The van der Waals surface area contributed by atoms with E-state index < -0.39 is 18.8 Å². The Bertz CT molecular complexity index is 459. The molecule has 0 saturated heterocycles. The highest BCUT2D eigenvalue weighted by Gasteiger charge is 2.28. The Labute approximate surface area is 126 Å². The van der Waals surface area contributed by atoms with Crippen molar-refractivity contribution in [3.8, 4) is 5.75 Å². The fourth-order valence-corrected chi connectivity index (χ4v) is 1.56. The van der Waals surface area contributed by atoms with Crippen molar-refractivity contribution in [3.63, 3.8) is 0 Å². The fourth-order valence-electron chi connectivity index (χ4n) is 1.56. The van der Waals surface area contributed by atoms with E-state index in [2.05, 4.69) is 15.4 Å². The number of aliphatic hydroxyl groups excluding tert-OH is 1. The van der Waals surface area contributed by atoms with E-state index in [0.717, 1.165) is 0 Å². The quantitative estimate of drug-likeness (QED) is 0.721. The van der Waals surface area contributed by atoms with Crippen LogP contribution in [-0.4, -0.2) is 36.6 Å². The van der Waals surface area contributed by atoms with Crippen molar-refractivity contribution in [1.29, 1.82) is 0 Å². The predicted octanol–water partition coefficient (Wildman–Crippen LogP) is 2.20. The van der Waals surface area contributed by atoms with Crippen LogP contribution in [-0.2, 0) is 6.54 Å². The highest BCUT2D eigenvalue weighted by Crippen LogP contribution is 2.18. The Kier molecular flexibility index (Phi) is 6.97. The van der Waals surface area contributed by atoms with Gasteiger partial charge in [-0.3, -0.25) is 0 Å². The molecule has 1 unspecified atom stereocenters. The maximum Gasteiger partial charge on any atom is 0.422 e. The van der Waals surface area contributed by atoms with Gasteiger partial charge in [0.25, 0.3) is 0 Å². The van der Waals surface area contributed by atoms with Crippen LogP contribution in [0.4, 0.5) is 18.0 Å². The molecule has 22 heavy (non-hydrogen) atoms. The van der Waals surface area contributed by atoms with E-state index in [1.165, 1.54) is 12.1 Å². The standard InChI is InChI=1S/C14H19F3N2O3/c1-2-11(8-20)19-13(21)18-7-10-3-5-12(6-4-10)22-9-14(15,16)17/h3-6,11,20H,2,7-9H2,1H3,(H2,18,19,21). The molecule has 0 aliphatic rings. The molecular formula is C14H19F3N2O3. The van der Waals surface area contributed by atoms with Gasteiger partial charge in [-0.2, -0.15) is 13.2 Å². The summed E-state index contributed by atoms with van der Waals surface area (Å²) in [5, 5.41) is 14.1. The SMILES string of the molecule is CCC(CO)NC(=O)NCc1ccc(OCC(F)(F)F)cc1. The Morgan fingerprint density at radius 3 is 2.45 bits per heavy atom. The van der Waals surface area contributed by atoms with Crippen molar-refractivity contribution >= 4 is 6.03 Å². The van der Waals surface area contributed by atoms with Crippen LogP contribution in [0.15, 0.2) is 24.3 Å². The predicted molar refractivity (Wildman–Crippen MR) is 74.5 cm³/mol. The summed E-state index contributed by atoms with van der Waals surface area (Å²) in [5.74, 6) is 0.108. The highest BCUT2D eigenvalue weighted by atomic mass is 19.4. The molecule has 1 rings (SSSR count). The van der Waals surface area contributed by atoms with Gasteiger partial charge in [0.2, 0.25) is 0 Å². The second kappa shape index (κ2) is 8.47. The number of halogens is 3. The number of carbonyl (C=O) groups is 1. The highest BCUT2D eigenvalue weighted by molar-refractivity contribution is 5.74. The zero-order valence-corrected chi connectivity index (χ0v) is 12.1. The molecule has 5 nitrogen and oxygen atoms in total. The van der Waals surface area contributed by atoms with Gasteiger partial charge in [0.15, 0.2) is 6.61 Å². The zero-order valence-electron chi connectivity index (χ0n) is 12.1. The molecule has 0 aliphatic carbocycles. The van der Waals surface area contributed by atoms with Crippen LogP contribution in [0.25, 0.3) is 0 Å². The van der Waals surface area contributed by atoms with Crippen LogP contribution in [0.2, 0.25) is 0 Å². The van der Waals surface area contributed by atoms with Gasteiger partial charge >= 0.3 is 12.2 Å². The van der Waals surface area contributed by atoms with Gasteiger partial charge in [-0.25, -0.2) is 4.79 Å². The third-order valence-corrected chi connectivity index (χ3v) is 2.83. The first kappa shape index (κ1) is 18.1. The molecule has 2 amide bonds. The minimum atomic E-state index is -4.37. The van der Waals surface area contributed by atoms with Gasteiger partial charge in [-0.15, -0.1) is 0 Å². The largest absolute Gasteiger partial charge is 0.484 e. The molecule has 3 N–H and O–H groups in total. The Morgan fingerprint density at radius 2 is 1.95 bits per heavy atom. The molecule has 8 heteroatoms. The third-order valence-electron chi connectivity index (χ3n) is 2.83. The molecule has 0 fully saturated rings. The van der Waals surface area contributed by atoms with Gasteiger partial charge in [0, 0.05) is 6.54 Å². The van der Waals surface area contributed by atoms with Gasteiger partial charge in [0.1, 0.15) is 5.75 Å². The van der Waals surface area contributed by atoms with E-state index in [-0.39, 0.29) is 24.9 Å². The summed E-state index contributed by atoms with van der Waals surface area (Å²) in [6, 6.07) is 5.22. The van der Waals surface area contributed by atoms with Gasteiger partial charge in [-0.1, -0.05) is 19.1 Å². The normalized spacial score (nSPS) is 12.6. The van der Waals surface area contributed by atoms with Crippen LogP contribution in [0, 0.1) is 0 Å². The molecule has 1 atom stereocenters. The van der Waals surface area contributed by atoms with Crippen LogP contribution < -0.4 is 15.4 Å². The van der Waals surface area contributed by atoms with Crippen molar-refractivity contribution in [2.75, 3.05) is 13.2 Å². The molecule has 0 bridgehead atoms. The Morgan fingerprint density at radius 1 is 1.32 bits per heavy atom. The third kappa shape index (κ3) is 7.16. The lowest BCUT2D eigenvalue weighted by molar-refractivity contribution is -0.153. The van der Waals surface area contributed by atoms with Crippen molar-refractivity contribution in [3.05, 3.63) is 29.8 Å². The van der Waals surface area contributed by atoms with Crippen molar-refractivity contribution < 1.29 is 27.8 Å². The number of urea groups is 1. The summed E-state index contributed by atoms with van der Waals surface area (Å²) >= 11 is 0. The number of hydrogen-bond acceptors (Lipinski definition) is 3. The molecule has 0 heterocycles. The number of aliphatic hydroxyl groups is 1. The summed E-state index contributed by atoms with van der Waals surface area (Å²) in [7, 11) is 0.